The van der Waals surface area contributed by atoms with Crippen LogP contribution in [0.25, 0.3) is 0 Å². The van der Waals surface area contributed by atoms with Crippen LogP contribution in [-0.4, -0.2) is 38.8 Å². The van der Waals surface area contributed by atoms with Crippen molar-refractivity contribution in [1.82, 2.24) is 10.2 Å². The zero-order valence-corrected chi connectivity index (χ0v) is 15.5. The Morgan fingerprint density at radius 1 is 1.18 bits per heavy atom. The molecule has 0 saturated heterocycles. The molecule has 0 heterocycles. The number of hydrogen-bond donors (Lipinski definition) is 1. The van der Waals surface area contributed by atoms with Crippen molar-refractivity contribution in [2.75, 3.05) is 27.8 Å². The molecule has 0 spiro atoms. The Balaban J connectivity index is 4.86. The van der Waals surface area contributed by atoms with Crippen molar-refractivity contribution >= 4 is 0 Å². The zero-order valence-electron chi connectivity index (χ0n) is 15.5. The fourth-order valence-corrected chi connectivity index (χ4v) is 2.53. The SMILES string of the molecule is C=C(NC(COC)C(=C)N(C)C)/C(C)=C/C(CCC)CCC. The third-order valence-corrected chi connectivity index (χ3v) is 3.94. The first-order valence-corrected chi connectivity index (χ1v) is 8.36. The van der Waals surface area contributed by atoms with Crippen LogP contribution in [0.1, 0.15) is 46.5 Å². The lowest BCUT2D eigenvalue weighted by Crippen LogP contribution is -2.38. The molecule has 0 aliphatic heterocycles. The Morgan fingerprint density at radius 3 is 2.14 bits per heavy atom. The number of likely N-dealkylation sites (N-methyl/N-ethyl adjacent to an activating group) is 1. The predicted octanol–water partition coefficient (Wildman–Crippen LogP) is 4.34. The first-order chi connectivity index (χ1) is 10.4. The van der Waals surface area contributed by atoms with E-state index in [0.29, 0.717) is 12.5 Å². The Morgan fingerprint density at radius 2 is 1.73 bits per heavy atom. The summed E-state index contributed by atoms with van der Waals surface area (Å²) in [4.78, 5) is 2.01. The molecule has 22 heavy (non-hydrogen) atoms. The van der Waals surface area contributed by atoms with Gasteiger partial charge < -0.3 is 15.0 Å². The van der Waals surface area contributed by atoms with Gasteiger partial charge in [-0.05, 0) is 31.3 Å². The smallest absolute Gasteiger partial charge is 0.0890 e. The highest BCUT2D eigenvalue weighted by Crippen LogP contribution is 2.19. The monoisotopic (exact) mass is 308 g/mol. The average Bonchev–Trinajstić information content (AvgIpc) is 2.46. The second kappa shape index (κ2) is 11.4. The molecule has 0 aliphatic rings. The van der Waals surface area contributed by atoms with E-state index in [1.165, 1.54) is 31.3 Å². The van der Waals surface area contributed by atoms with Gasteiger partial charge in [-0.15, -0.1) is 0 Å². The summed E-state index contributed by atoms with van der Waals surface area (Å²) in [5, 5.41) is 3.46. The first-order valence-electron chi connectivity index (χ1n) is 8.36. The molecule has 0 amide bonds. The van der Waals surface area contributed by atoms with Crippen LogP contribution in [0.2, 0.25) is 0 Å². The highest BCUT2D eigenvalue weighted by molar-refractivity contribution is 5.27. The quantitative estimate of drug-likeness (QED) is 0.543. The van der Waals surface area contributed by atoms with Crippen molar-refractivity contribution in [3.8, 4) is 0 Å². The minimum absolute atomic E-state index is 0.0478. The molecule has 0 fully saturated rings. The molecule has 0 saturated carbocycles. The molecule has 0 rings (SSSR count). The highest BCUT2D eigenvalue weighted by Gasteiger charge is 2.15. The Labute approximate surface area is 138 Å². The molecule has 1 unspecified atom stereocenters. The van der Waals surface area contributed by atoms with Crippen LogP contribution in [0.15, 0.2) is 36.2 Å². The molecule has 1 atom stereocenters. The van der Waals surface area contributed by atoms with E-state index in [2.05, 4.69) is 45.3 Å². The topological polar surface area (TPSA) is 24.5 Å². The normalized spacial score (nSPS) is 13.1. The van der Waals surface area contributed by atoms with Crippen molar-refractivity contribution in [2.24, 2.45) is 5.92 Å². The molecule has 0 radical (unpaired) electrons. The lowest BCUT2D eigenvalue weighted by atomic mass is 9.95. The van der Waals surface area contributed by atoms with Gasteiger partial charge in [0.2, 0.25) is 0 Å². The molecule has 0 aromatic heterocycles. The summed E-state index contributed by atoms with van der Waals surface area (Å²) in [5.41, 5.74) is 3.18. The fourth-order valence-electron chi connectivity index (χ4n) is 2.53. The number of nitrogens with one attached hydrogen (secondary N) is 1. The molecule has 3 heteroatoms. The van der Waals surface area contributed by atoms with Crippen LogP contribution in [0.5, 0.6) is 0 Å². The number of nitrogens with zero attached hydrogens (tertiary/aromatic N) is 1. The summed E-state index contributed by atoms with van der Waals surface area (Å²) in [6.45, 7) is 15.5. The Kier molecular flexibility index (Phi) is 10.7. The van der Waals surface area contributed by atoms with Gasteiger partial charge in [-0.2, -0.15) is 0 Å². The lowest BCUT2D eigenvalue weighted by Gasteiger charge is -2.28. The lowest BCUT2D eigenvalue weighted by molar-refractivity contribution is 0.172. The van der Waals surface area contributed by atoms with Gasteiger partial charge in [0.25, 0.3) is 0 Å². The van der Waals surface area contributed by atoms with Crippen LogP contribution >= 0.6 is 0 Å². The third kappa shape index (κ3) is 7.69. The second-order valence-corrected chi connectivity index (χ2v) is 6.20. The van der Waals surface area contributed by atoms with Gasteiger partial charge in [-0.1, -0.05) is 45.9 Å². The van der Waals surface area contributed by atoms with Crippen molar-refractivity contribution in [1.29, 1.82) is 0 Å². The summed E-state index contributed by atoms with van der Waals surface area (Å²) in [6.07, 6.45) is 7.29. The summed E-state index contributed by atoms with van der Waals surface area (Å²) in [7, 11) is 5.70. The largest absolute Gasteiger partial charge is 0.382 e. The van der Waals surface area contributed by atoms with Crippen LogP contribution in [-0.2, 0) is 4.74 Å². The summed E-state index contributed by atoms with van der Waals surface area (Å²) >= 11 is 0. The van der Waals surface area contributed by atoms with E-state index in [1.807, 2.05) is 19.0 Å². The standard InChI is InChI=1S/C19H36N2O/c1-9-11-18(12-10-2)13-15(3)16(4)20-19(14-22-8)17(5)21(6)7/h13,18-20H,4-5,9-12,14H2,1-3,6-8H3/b15-13+. The van der Waals surface area contributed by atoms with Crippen molar-refractivity contribution in [2.45, 2.75) is 52.5 Å². The maximum Gasteiger partial charge on any atom is 0.0890 e. The molecule has 0 aliphatic carbocycles. The van der Waals surface area contributed by atoms with Crippen molar-refractivity contribution < 1.29 is 4.74 Å². The number of hydrogen-bond acceptors (Lipinski definition) is 3. The van der Waals surface area contributed by atoms with Gasteiger partial charge in [0.05, 0.1) is 12.6 Å². The molecular formula is C19H36N2O. The van der Waals surface area contributed by atoms with E-state index in [4.69, 9.17) is 4.74 Å². The number of methoxy groups -OCH3 is 1. The van der Waals surface area contributed by atoms with Gasteiger partial charge in [0.1, 0.15) is 0 Å². The minimum Gasteiger partial charge on any atom is -0.382 e. The fraction of sp³-hybridized carbons (Fsp3) is 0.684. The van der Waals surface area contributed by atoms with E-state index >= 15 is 0 Å². The predicted molar refractivity (Wildman–Crippen MR) is 97.8 cm³/mol. The zero-order chi connectivity index (χ0) is 17.1. The van der Waals surface area contributed by atoms with E-state index in [1.54, 1.807) is 7.11 Å². The summed E-state index contributed by atoms with van der Waals surface area (Å²) < 4.78 is 5.30. The van der Waals surface area contributed by atoms with Gasteiger partial charge in [0, 0.05) is 32.6 Å². The van der Waals surface area contributed by atoms with Crippen LogP contribution in [0.3, 0.4) is 0 Å². The van der Waals surface area contributed by atoms with Crippen molar-refractivity contribution in [3.63, 3.8) is 0 Å². The molecule has 128 valence electrons. The molecule has 0 aromatic rings. The first kappa shape index (κ1) is 20.8. The van der Waals surface area contributed by atoms with Crippen molar-refractivity contribution in [3.05, 3.63) is 36.2 Å². The summed E-state index contributed by atoms with van der Waals surface area (Å²) in [6, 6.07) is 0.0478. The van der Waals surface area contributed by atoms with Crippen LogP contribution in [0, 0.1) is 5.92 Å². The maximum atomic E-state index is 5.30. The molecule has 0 bridgehead atoms. The average molecular weight is 309 g/mol. The second-order valence-electron chi connectivity index (χ2n) is 6.20. The molecule has 0 aromatic carbocycles. The summed E-state index contributed by atoms with van der Waals surface area (Å²) in [5.74, 6) is 0.645. The van der Waals surface area contributed by atoms with E-state index in [0.717, 1.165) is 11.4 Å². The van der Waals surface area contributed by atoms with E-state index in [9.17, 15) is 0 Å². The molecule has 1 N–H and O–H groups in total. The number of ether oxygens (including phenoxy) is 1. The molecule has 3 nitrogen and oxygen atoms in total. The third-order valence-electron chi connectivity index (χ3n) is 3.94. The molecular weight excluding hydrogens is 272 g/mol. The Hall–Kier alpha value is -1.22. The van der Waals surface area contributed by atoms with E-state index < -0.39 is 0 Å². The van der Waals surface area contributed by atoms with Gasteiger partial charge in [-0.25, -0.2) is 0 Å². The van der Waals surface area contributed by atoms with Crippen LogP contribution < -0.4 is 5.32 Å². The Bertz CT molecular complexity index is 366. The van der Waals surface area contributed by atoms with Crippen LogP contribution in [0.4, 0.5) is 0 Å². The van der Waals surface area contributed by atoms with Gasteiger partial charge in [0.15, 0.2) is 0 Å². The highest BCUT2D eigenvalue weighted by atomic mass is 16.5. The van der Waals surface area contributed by atoms with Gasteiger partial charge >= 0.3 is 0 Å². The number of rotatable bonds is 12. The van der Waals surface area contributed by atoms with E-state index in [-0.39, 0.29) is 6.04 Å². The number of allylic oxidation sites excluding steroid dienone is 2. The maximum absolute atomic E-state index is 5.30. The minimum atomic E-state index is 0.0478. The van der Waals surface area contributed by atoms with Gasteiger partial charge in [-0.3, -0.25) is 0 Å².